The van der Waals surface area contributed by atoms with Gasteiger partial charge in [0.25, 0.3) is 0 Å². The molecule has 1 saturated heterocycles. The standard InChI is InChI=1S/C24H42O7/c1-17(2)11-13-19-9-7-5-6-8-10-20(14-12-18(3)4)31-22(26)16-24(29,23(27)28)15-21(25)30-19/h17-20,29H,5-16H2,1-4H3,(H,27,28). The zero-order valence-corrected chi connectivity index (χ0v) is 19.7. The molecule has 1 fully saturated rings. The van der Waals surface area contributed by atoms with E-state index in [1.165, 1.54) is 0 Å². The average Bonchev–Trinajstić information content (AvgIpc) is 2.65. The molecule has 0 bridgehead atoms. The third-order valence-corrected chi connectivity index (χ3v) is 5.80. The van der Waals surface area contributed by atoms with Crippen molar-refractivity contribution in [2.45, 2.75) is 123 Å². The van der Waals surface area contributed by atoms with E-state index in [1.807, 2.05) is 0 Å². The molecule has 0 aliphatic carbocycles. The highest BCUT2D eigenvalue weighted by molar-refractivity contribution is 5.89. The molecular formula is C24H42O7. The van der Waals surface area contributed by atoms with E-state index < -0.39 is 36.4 Å². The van der Waals surface area contributed by atoms with Crippen molar-refractivity contribution in [1.29, 1.82) is 0 Å². The summed E-state index contributed by atoms with van der Waals surface area (Å²) in [5.74, 6) is -2.29. The number of aliphatic carboxylic acids is 1. The van der Waals surface area contributed by atoms with Crippen LogP contribution in [0.3, 0.4) is 0 Å². The predicted molar refractivity (Wildman–Crippen MR) is 117 cm³/mol. The molecule has 1 rings (SSSR count). The molecule has 0 amide bonds. The third-order valence-electron chi connectivity index (χ3n) is 5.80. The molecule has 0 saturated carbocycles. The van der Waals surface area contributed by atoms with Gasteiger partial charge in [-0.3, -0.25) is 9.59 Å². The summed E-state index contributed by atoms with van der Waals surface area (Å²) in [7, 11) is 0. The number of carbonyl (C=O) groups excluding carboxylic acids is 2. The van der Waals surface area contributed by atoms with Crippen molar-refractivity contribution in [3.05, 3.63) is 0 Å². The fraction of sp³-hybridized carbons (Fsp3) is 0.875. The summed E-state index contributed by atoms with van der Waals surface area (Å²) in [5, 5.41) is 20.1. The van der Waals surface area contributed by atoms with E-state index in [2.05, 4.69) is 27.7 Å². The molecule has 31 heavy (non-hydrogen) atoms. The smallest absolute Gasteiger partial charge is 0.336 e. The molecule has 0 aromatic rings. The van der Waals surface area contributed by atoms with Crippen molar-refractivity contribution < 1.29 is 34.1 Å². The van der Waals surface area contributed by atoms with Crippen molar-refractivity contribution in [1.82, 2.24) is 0 Å². The van der Waals surface area contributed by atoms with Gasteiger partial charge in [0.1, 0.15) is 12.2 Å². The van der Waals surface area contributed by atoms with Crippen LogP contribution in [0, 0.1) is 11.8 Å². The van der Waals surface area contributed by atoms with Crippen LogP contribution in [-0.2, 0) is 23.9 Å². The summed E-state index contributed by atoms with van der Waals surface area (Å²) in [4.78, 5) is 36.6. The average molecular weight is 443 g/mol. The Labute approximate surface area is 186 Å². The Hall–Kier alpha value is -1.63. The molecular weight excluding hydrogens is 400 g/mol. The summed E-state index contributed by atoms with van der Waals surface area (Å²) >= 11 is 0. The van der Waals surface area contributed by atoms with E-state index in [4.69, 9.17) is 9.47 Å². The van der Waals surface area contributed by atoms with Crippen molar-refractivity contribution in [3.63, 3.8) is 0 Å². The Morgan fingerprint density at radius 3 is 1.58 bits per heavy atom. The molecule has 2 N–H and O–H groups in total. The largest absolute Gasteiger partial charge is 0.479 e. The van der Waals surface area contributed by atoms with Gasteiger partial charge in [-0.15, -0.1) is 0 Å². The van der Waals surface area contributed by atoms with Gasteiger partial charge in [-0.1, -0.05) is 40.5 Å². The maximum Gasteiger partial charge on any atom is 0.336 e. The topological polar surface area (TPSA) is 110 Å². The molecule has 0 aromatic heterocycles. The molecule has 0 spiro atoms. The Balaban J connectivity index is 2.94. The summed E-state index contributed by atoms with van der Waals surface area (Å²) < 4.78 is 11.1. The van der Waals surface area contributed by atoms with Gasteiger partial charge in [0.2, 0.25) is 0 Å². The first kappa shape index (κ1) is 27.4. The molecule has 0 radical (unpaired) electrons. The van der Waals surface area contributed by atoms with Crippen LogP contribution >= 0.6 is 0 Å². The molecule has 2 unspecified atom stereocenters. The van der Waals surface area contributed by atoms with Crippen LogP contribution in [0.15, 0.2) is 0 Å². The lowest BCUT2D eigenvalue weighted by Crippen LogP contribution is -2.44. The number of cyclic esters (lactones) is 2. The second-order valence-electron chi connectivity index (χ2n) is 9.85. The lowest BCUT2D eigenvalue weighted by molar-refractivity contribution is -0.176. The quantitative estimate of drug-likeness (QED) is 0.553. The first-order chi connectivity index (χ1) is 14.5. The molecule has 2 atom stereocenters. The number of carboxylic acid groups (broad SMARTS) is 1. The van der Waals surface area contributed by atoms with Crippen LogP contribution in [0.4, 0.5) is 0 Å². The number of hydrogen-bond acceptors (Lipinski definition) is 6. The van der Waals surface area contributed by atoms with E-state index >= 15 is 0 Å². The Kier molecular flexibility index (Phi) is 12.1. The van der Waals surface area contributed by atoms with E-state index in [1.54, 1.807) is 0 Å². The minimum Gasteiger partial charge on any atom is -0.479 e. The SMILES string of the molecule is CC(C)CCC1CCCCCCC(CCC(C)C)OC(=O)CC(O)(C(=O)O)CC(=O)O1. The van der Waals surface area contributed by atoms with Crippen LogP contribution in [0.5, 0.6) is 0 Å². The highest BCUT2D eigenvalue weighted by Crippen LogP contribution is 2.24. The second kappa shape index (κ2) is 13.7. The first-order valence-electron chi connectivity index (χ1n) is 11.9. The van der Waals surface area contributed by atoms with Crippen LogP contribution in [0.2, 0.25) is 0 Å². The van der Waals surface area contributed by atoms with Gasteiger partial charge in [-0.25, -0.2) is 4.79 Å². The molecule has 1 aliphatic rings. The lowest BCUT2D eigenvalue weighted by atomic mass is 9.95. The normalized spacial score (nSPS) is 27.3. The van der Waals surface area contributed by atoms with Crippen LogP contribution < -0.4 is 0 Å². The van der Waals surface area contributed by atoms with Crippen LogP contribution in [-0.4, -0.2) is 45.9 Å². The summed E-state index contributed by atoms with van der Waals surface area (Å²) in [5.41, 5.74) is -2.53. The summed E-state index contributed by atoms with van der Waals surface area (Å²) in [6.07, 6.45) is 6.31. The highest BCUT2D eigenvalue weighted by atomic mass is 16.6. The maximum absolute atomic E-state index is 12.4. The second-order valence-corrected chi connectivity index (χ2v) is 9.85. The van der Waals surface area contributed by atoms with Crippen molar-refractivity contribution in [2.75, 3.05) is 0 Å². The van der Waals surface area contributed by atoms with E-state index in [9.17, 15) is 24.6 Å². The van der Waals surface area contributed by atoms with Gasteiger partial charge in [-0.05, 0) is 63.2 Å². The van der Waals surface area contributed by atoms with Crippen molar-refractivity contribution in [2.24, 2.45) is 11.8 Å². The van der Waals surface area contributed by atoms with Gasteiger partial charge >= 0.3 is 17.9 Å². The monoisotopic (exact) mass is 442 g/mol. The van der Waals surface area contributed by atoms with Gasteiger partial charge in [-0.2, -0.15) is 0 Å². The molecule has 0 aromatic carbocycles. The van der Waals surface area contributed by atoms with E-state index in [-0.39, 0.29) is 12.2 Å². The van der Waals surface area contributed by atoms with Crippen molar-refractivity contribution in [3.8, 4) is 0 Å². The fourth-order valence-electron chi connectivity index (χ4n) is 3.81. The summed E-state index contributed by atoms with van der Waals surface area (Å²) in [6, 6.07) is 0. The molecule has 7 nitrogen and oxygen atoms in total. The fourth-order valence-corrected chi connectivity index (χ4v) is 3.81. The first-order valence-corrected chi connectivity index (χ1v) is 11.9. The van der Waals surface area contributed by atoms with Gasteiger partial charge in [0.05, 0.1) is 12.8 Å². The number of aliphatic hydroxyl groups is 1. The summed E-state index contributed by atoms with van der Waals surface area (Å²) in [6.45, 7) is 8.38. The van der Waals surface area contributed by atoms with Crippen LogP contribution in [0.25, 0.3) is 0 Å². The Bertz CT molecular complexity index is 530. The number of hydrogen-bond donors (Lipinski definition) is 2. The minimum absolute atomic E-state index is 0.302. The maximum atomic E-state index is 12.4. The number of carbonyl (C=O) groups is 3. The third kappa shape index (κ3) is 11.5. The van der Waals surface area contributed by atoms with Crippen LogP contribution in [0.1, 0.15) is 105 Å². The van der Waals surface area contributed by atoms with Gasteiger partial charge < -0.3 is 19.7 Å². The zero-order chi connectivity index (χ0) is 23.4. The Morgan fingerprint density at radius 2 is 1.26 bits per heavy atom. The number of rotatable bonds is 7. The Morgan fingerprint density at radius 1 is 0.871 bits per heavy atom. The molecule has 1 aliphatic heterocycles. The van der Waals surface area contributed by atoms with Gasteiger partial charge in [0, 0.05) is 0 Å². The zero-order valence-electron chi connectivity index (χ0n) is 19.7. The van der Waals surface area contributed by atoms with E-state index in [0.29, 0.717) is 24.7 Å². The predicted octanol–water partition coefficient (Wildman–Crippen LogP) is 4.63. The molecule has 180 valence electrons. The number of ether oxygens (including phenoxy) is 2. The van der Waals surface area contributed by atoms with Crippen molar-refractivity contribution >= 4 is 17.9 Å². The number of carboxylic acids is 1. The highest BCUT2D eigenvalue weighted by Gasteiger charge is 2.42. The number of esters is 2. The minimum atomic E-state index is -2.53. The lowest BCUT2D eigenvalue weighted by Gasteiger charge is -2.25. The molecule has 7 heteroatoms. The van der Waals surface area contributed by atoms with Gasteiger partial charge in [0.15, 0.2) is 5.60 Å². The van der Waals surface area contributed by atoms with E-state index in [0.717, 1.165) is 51.4 Å². The molecule has 1 heterocycles.